The molecule has 1 aromatic carbocycles. The van der Waals surface area contributed by atoms with Crippen LogP contribution >= 0.6 is 0 Å². The summed E-state index contributed by atoms with van der Waals surface area (Å²) in [6, 6.07) is 6.77. The average Bonchev–Trinajstić information content (AvgIpc) is 2.55. The smallest absolute Gasteiger partial charge is 0.244 e. The van der Waals surface area contributed by atoms with Gasteiger partial charge in [-0.2, -0.15) is 0 Å². The molecule has 0 heterocycles. The first-order valence-electron chi connectivity index (χ1n) is 8.30. The van der Waals surface area contributed by atoms with Crippen LogP contribution in [-0.4, -0.2) is 38.8 Å². The Labute approximate surface area is 144 Å². The molecule has 1 saturated carbocycles. The zero-order valence-corrected chi connectivity index (χ0v) is 15.3. The molecule has 1 N–H and O–H groups in total. The monoisotopic (exact) mass is 350 g/mol. The van der Waals surface area contributed by atoms with Gasteiger partial charge in [0.15, 0.2) is 0 Å². The van der Waals surface area contributed by atoms with Crippen molar-refractivity contribution in [3.63, 3.8) is 0 Å². The highest BCUT2D eigenvalue weighted by atomic mass is 32.2. The van der Waals surface area contributed by atoms with Gasteiger partial charge in [-0.15, -0.1) is 0 Å². The highest BCUT2D eigenvalue weighted by Crippen LogP contribution is 2.23. The molecule has 1 aliphatic carbocycles. The molecule has 5 nitrogen and oxygen atoms in total. The van der Waals surface area contributed by atoms with E-state index in [1.165, 1.54) is 24.5 Å². The molecule has 132 valence electrons. The molecule has 0 bridgehead atoms. The third-order valence-electron chi connectivity index (χ3n) is 4.45. The van der Waals surface area contributed by atoms with Gasteiger partial charge in [0.25, 0.3) is 0 Å². The van der Waals surface area contributed by atoms with Gasteiger partial charge in [0.1, 0.15) is 0 Å². The number of amides is 1. The number of hydrogen-bond acceptors (Lipinski definition) is 3. The standard InChI is InChI=1S/C18H26N2O3S/c1-14-4-9-16(10-5-14)19-18(21)13-8-15-6-11-17(12-7-15)24(22,23)20(2)3/h6-8,11-14,16H,4-5,9-10H2,1-3H3,(H,19,21). The third-order valence-corrected chi connectivity index (χ3v) is 6.28. The lowest BCUT2D eigenvalue weighted by atomic mass is 9.87. The van der Waals surface area contributed by atoms with E-state index in [4.69, 9.17) is 0 Å². The molecule has 0 radical (unpaired) electrons. The Morgan fingerprint density at radius 3 is 2.25 bits per heavy atom. The van der Waals surface area contributed by atoms with Crippen LogP contribution in [0, 0.1) is 5.92 Å². The first-order valence-corrected chi connectivity index (χ1v) is 9.74. The third kappa shape index (κ3) is 4.92. The van der Waals surface area contributed by atoms with E-state index < -0.39 is 10.0 Å². The van der Waals surface area contributed by atoms with E-state index in [2.05, 4.69) is 12.2 Å². The molecule has 24 heavy (non-hydrogen) atoms. The van der Waals surface area contributed by atoms with Crippen molar-refractivity contribution in [2.75, 3.05) is 14.1 Å². The Morgan fingerprint density at radius 2 is 1.71 bits per heavy atom. The van der Waals surface area contributed by atoms with Crippen LogP contribution in [0.3, 0.4) is 0 Å². The molecule has 1 aliphatic rings. The van der Waals surface area contributed by atoms with Crippen molar-refractivity contribution in [3.05, 3.63) is 35.9 Å². The summed E-state index contributed by atoms with van der Waals surface area (Å²) in [6.45, 7) is 2.25. The quantitative estimate of drug-likeness (QED) is 0.830. The number of hydrogen-bond donors (Lipinski definition) is 1. The number of carbonyl (C=O) groups excluding carboxylic acids is 1. The van der Waals surface area contributed by atoms with Crippen LogP contribution in [0.5, 0.6) is 0 Å². The van der Waals surface area contributed by atoms with Crippen molar-refractivity contribution in [2.24, 2.45) is 5.92 Å². The predicted molar refractivity (Wildman–Crippen MR) is 95.9 cm³/mol. The van der Waals surface area contributed by atoms with E-state index in [1.54, 1.807) is 30.3 Å². The molecule has 0 saturated heterocycles. The highest BCUT2D eigenvalue weighted by Gasteiger charge is 2.19. The number of rotatable bonds is 5. The molecule has 0 aliphatic heterocycles. The Kier molecular flexibility index (Phi) is 6.18. The van der Waals surface area contributed by atoms with Gasteiger partial charge in [-0.05, 0) is 55.4 Å². The van der Waals surface area contributed by atoms with Crippen LogP contribution in [0.25, 0.3) is 6.08 Å². The summed E-state index contributed by atoms with van der Waals surface area (Å²) in [7, 11) is -0.420. The zero-order chi connectivity index (χ0) is 17.7. The number of nitrogens with one attached hydrogen (secondary N) is 1. The first kappa shape index (κ1) is 18.7. The fourth-order valence-electron chi connectivity index (χ4n) is 2.79. The minimum absolute atomic E-state index is 0.0976. The molecular weight excluding hydrogens is 324 g/mol. The van der Waals surface area contributed by atoms with E-state index in [9.17, 15) is 13.2 Å². The van der Waals surface area contributed by atoms with Gasteiger partial charge in [0.2, 0.25) is 15.9 Å². The molecule has 0 aromatic heterocycles. The average molecular weight is 350 g/mol. The van der Waals surface area contributed by atoms with Crippen LogP contribution in [0.1, 0.15) is 38.2 Å². The Balaban J connectivity index is 1.93. The molecule has 0 unspecified atom stereocenters. The summed E-state index contributed by atoms with van der Waals surface area (Å²) in [4.78, 5) is 12.2. The van der Waals surface area contributed by atoms with E-state index in [-0.39, 0.29) is 16.8 Å². The molecule has 1 amide bonds. The maximum absolute atomic E-state index is 12.0. The largest absolute Gasteiger partial charge is 0.350 e. The lowest BCUT2D eigenvalue weighted by Gasteiger charge is -2.26. The van der Waals surface area contributed by atoms with Crippen molar-refractivity contribution < 1.29 is 13.2 Å². The van der Waals surface area contributed by atoms with Gasteiger partial charge < -0.3 is 5.32 Å². The number of carbonyl (C=O) groups is 1. The van der Waals surface area contributed by atoms with Crippen LogP contribution < -0.4 is 5.32 Å². The van der Waals surface area contributed by atoms with Crippen LogP contribution in [0.15, 0.2) is 35.2 Å². The summed E-state index contributed by atoms with van der Waals surface area (Å²) in [5.74, 6) is 0.658. The van der Waals surface area contributed by atoms with E-state index in [0.29, 0.717) is 0 Å². The van der Waals surface area contributed by atoms with Crippen LogP contribution in [0.2, 0.25) is 0 Å². The lowest BCUT2D eigenvalue weighted by Crippen LogP contribution is -2.36. The lowest BCUT2D eigenvalue weighted by molar-refractivity contribution is -0.117. The van der Waals surface area contributed by atoms with Crippen molar-refractivity contribution in [1.29, 1.82) is 0 Å². The Bertz CT molecular complexity index is 685. The second-order valence-corrected chi connectivity index (χ2v) is 8.81. The predicted octanol–water partition coefficient (Wildman–Crippen LogP) is 2.65. The summed E-state index contributed by atoms with van der Waals surface area (Å²) in [6.07, 6.45) is 7.61. The zero-order valence-electron chi connectivity index (χ0n) is 14.5. The van der Waals surface area contributed by atoms with E-state index >= 15 is 0 Å². The topological polar surface area (TPSA) is 66.5 Å². The van der Waals surface area contributed by atoms with Gasteiger partial charge >= 0.3 is 0 Å². The van der Waals surface area contributed by atoms with Crippen LogP contribution in [-0.2, 0) is 14.8 Å². The molecule has 6 heteroatoms. The second kappa shape index (κ2) is 7.94. The van der Waals surface area contributed by atoms with Crippen molar-refractivity contribution in [1.82, 2.24) is 9.62 Å². The SMILES string of the molecule is CC1CCC(NC(=O)C=Cc2ccc(S(=O)(=O)N(C)C)cc2)CC1. The van der Waals surface area contributed by atoms with Gasteiger partial charge in [0.05, 0.1) is 4.90 Å². The number of sulfonamides is 1. The number of nitrogens with zero attached hydrogens (tertiary/aromatic N) is 1. The molecular formula is C18H26N2O3S. The maximum atomic E-state index is 12.0. The minimum atomic E-state index is -3.42. The van der Waals surface area contributed by atoms with Crippen molar-refractivity contribution in [2.45, 2.75) is 43.5 Å². The minimum Gasteiger partial charge on any atom is -0.350 e. The second-order valence-electron chi connectivity index (χ2n) is 6.66. The van der Waals surface area contributed by atoms with Crippen molar-refractivity contribution >= 4 is 22.0 Å². The van der Waals surface area contributed by atoms with Gasteiger partial charge in [-0.25, -0.2) is 12.7 Å². The molecule has 2 rings (SSSR count). The van der Waals surface area contributed by atoms with Gasteiger partial charge in [-0.3, -0.25) is 4.79 Å². The molecule has 0 atom stereocenters. The summed E-state index contributed by atoms with van der Waals surface area (Å²) in [5, 5.41) is 3.03. The maximum Gasteiger partial charge on any atom is 0.244 e. The van der Waals surface area contributed by atoms with Gasteiger partial charge in [0, 0.05) is 26.2 Å². The number of benzene rings is 1. The summed E-state index contributed by atoms with van der Waals surface area (Å²) < 4.78 is 25.2. The van der Waals surface area contributed by atoms with E-state index in [1.807, 2.05) is 0 Å². The van der Waals surface area contributed by atoms with E-state index in [0.717, 1.165) is 37.2 Å². The normalized spacial score (nSPS) is 22.0. The van der Waals surface area contributed by atoms with Gasteiger partial charge in [-0.1, -0.05) is 19.1 Å². The molecule has 1 fully saturated rings. The fraction of sp³-hybridized carbons (Fsp3) is 0.500. The summed E-state index contributed by atoms with van der Waals surface area (Å²) >= 11 is 0. The van der Waals surface area contributed by atoms with Crippen molar-refractivity contribution in [3.8, 4) is 0 Å². The Hall–Kier alpha value is -1.66. The first-order chi connectivity index (χ1) is 11.3. The fourth-order valence-corrected chi connectivity index (χ4v) is 3.69. The molecule has 1 aromatic rings. The Morgan fingerprint density at radius 1 is 1.12 bits per heavy atom. The highest BCUT2D eigenvalue weighted by molar-refractivity contribution is 7.89. The van der Waals surface area contributed by atoms with Crippen LogP contribution in [0.4, 0.5) is 0 Å². The molecule has 0 spiro atoms. The summed E-state index contributed by atoms with van der Waals surface area (Å²) in [5.41, 5.74) is 0.792.